The van der Waals surface area contributed by atoms with E-state index in [-0.39, 0.29) is 10.8 Å². The van der Waals surface area contributed by atoms with Crippen molar-refractivity contribution in [2.45, 2.75) is 18.2 Å². The first-order chi connectivity index (χ1) is 13.5. The van der Waals surface area contributed by atoms with Gasteiger partial charge in [0, 0.05) is 30.9 Å². The van der Waals surface area contributed by atoms with Gasteiger partial charge in [0.25, 0.3) is 5.91 Å². The third-order valence-electron chi connectivity index (χ3n) is 5.28. The van der Waals surface area contributed by atoms with Gasteiger partial charge >= 0.3 is 0 Å². The van der Waals surface area contributed by atoms with Crippen LogP contribution in [-0.4, -0.2) is 51.5 Å². The number of rotatable bonds is 3. The number of ether oxygens (including phenoxy) is 1. The first kappa shape index (κ1) is 19.1. The second-order valence-corrected chi connectivity index (χ2v) is 9.34. The van der Waals surface area contributed by atoms with Gasteiger partial charge in [0.1, 0.15) is 0 Å². The summed E-state index contributed by atoms with van der Waals surface area (Å²) in [6, 6.07) is 14.3. The molecule has 1 saturated heterocycles. The number of para-hydroxylation sites is 1. The Bertz CT molecular complexity index is 983. The molecule has 0 radical (unpaired) electrons. The van der Waals surface area contributed by atoms with Crippen molar-refractivity contribution in [3.8, 4) is 0 Å². The molecule has 0 aliphatic carbocycles. The Kier molecular flexibility index (Phi) is 5.23. The Morgan fingerprint density at radius 3 is 2.61 bits per heavy atom. The molecule has 4 rings (SSSR count). The fourth-order valence-corrected chi connectivity index (χ4v) is 5.32. The van der Waals surface area contributed by atoms with Crippen LogP contribution in [0.5, 0.6) is 0 Å². The number of carbonyl (C=O) groups is 1. The second kappa shape index (κ2) is 7.66. The van der Waals surface area contributed by atoms with Gasteiger partial charge in [-0.3, -0.25) is 4.79 Å². The van der Waals surface area contributed by atoms with Crippen molar-refractivity contribution < 1.29 is 17.9 Å². The molecule has 1 fully saturated rings. The van der Waals surface area contributed by atoms with Crippen molar-refractivity contribution in [2.75, 3.05) is 37.7 Å². The molecule has 0 spiro atoms. The van der Waals surface area contributed by atoms with Crippen LogP contribution in [0.25, 0.3) is 0 Å². The highest BCUT2D eigenvalue weighted by Gasteiger charge is 2.30. The van der Waals surface area contributed by atoms with Crippen LogP contribution in [0.3, 0.4) is 0 Å². The minimum Gasteiger partial charge on any atom is -0.379 e. The van der Waals surface area contributed by atoms with Gasteiger partial charge in [0.15, 0.2) is 0 Å². The number of anilines is 1. The Morgan fingerprint density at radius 1 is 1.07 bits per heavy atom. The van der Waals surface area contributed by atoms with E-state index < -0.39 is 10.0 Å². The van der Waals surface area contributed by atoms with E-state index in [1.165, 1.54) is 10.4 Å². The van der Waals surface area contributed by atoms with E-state index in [1.54, 1.807) is 23.1 Å². The zero-order valence-corrected chi connectivity index (χ0v) is 16.7. The summed E-state index contributed by atoms with van der Waals surface area (Å²) < 4.78 is 32.5. The summed E-state index contributed by atoms with van der Waals surface area (Å²) in [5.41, 5.74) is 2.44. The number of sulfonamides is 1. The average molecular weight is 401 g/mol. The van der Waals surface area contributed by atoms with Crippen LogP contribution in [0, 0.1) is 5.92 Å². The molecule has 6 nitrogen and oxygen atoms in total. The SMILES string of the molecule is CC1Cc2ccccc2N(C(=O)c2cccc(S(=O)(=O)N3CCOCC3)c2)C1. The normalized spacial score (nSPS) is 20.6. The van der Waals surface area contributed by atoms with E-state index in [1.807, 2.05) is 24.3 Å². The molecule has 1 atom stereocenters. The van der Waals surface area contributed by atoms with Gasteiger partial charge in [-0.25, -0.2) is 8.42 Å². The van der Waals surface area contributed by atoms with Crippen molar-refractivity contribution in [1.29, 1.82) is 0 Å². The predicted octanol–water partition coefficient (Wildman–Crippen LogP) is 2.55. The van der Waals surface area contributed by atoms with Gasteiger partial charge < -0.3 is 9.64 Å². The third-order valence-corrected chi connectivity index (χ3v) is 7.17. The predicted molar refractivity (Wildman–Crippen MR) is 107 cm³/mol. The summed E-state index contributed by atoms with van der Waals surface area (Å²) in [7, 11) is -3.64. The monoisotopic (exact) mass is 400 g/mol. The first-order valence-corrected chi connectivity index (χ1v) is 11.0. The average Bonchev–Trinajstić information content (AvgIpc) is 2.73. The maximum absolute atomic E-state index is 13.3. The standard InChI is InChI=1S/C21H24N2O4S/c1-16-13-17-5-2-3-8-20(17)23(15-16)21(24)18-6-4-7-19(14-18)28(25,26)22-9-11-27-12-10-22/h2-8,14,16H,9-13,15H2,1H3. The Labute approximate surface area is 165 Å². The summed E-state index contributed by atoms with van der Waals surface area (Å²) in [6.45, 7) is 4.18. The van der Waals surface area contributed by atoms with Gasteiger partial charge in [0.2, 0.25) is 10.0 Å². The van der Waals surface area contributed by atoms with Gasteiger partial charge in [-0.05, 0) is 42.2 Å². The highest BCUT2D eigenvalue weighted by molar-refractivity contribution is 7.89. The number of amides is 1. The lowest BCUT2D eigenvalue weighted by Gasteiger charge is -2.33. The van der Waals surface area contributed by atoms with E-state index in [4.69, 9.17) is 4.74 Å². The number of morpholine rings is 1. The number of carbonyl (C=O) groups excluding carboxylic acids is 1. The molecule has 2 aromatic carbocycles. The van der Waals surface area contributed by atoms with Crippen LogP contribution in [0.4, 0.5) is 5.69 Å². The largest absolute Gasteiger partial charge is 0.379 e. The fraction of sp³-hybridized carbons (Fsp3) is 0.381. The number of hydrogen-bond donors (Lipinski definition) is 0. The maximum Gasteiger partial charge on any atom is 0.258 e. The highest BCUT2D eigenvalue weighted by atomic mass is 32.2. The highest BCUT2D eigenvalue weighted by Crippen LogP contribution is 2.31. The summed E-state index contributed by atoms with van der Waals surface area (Å²) >= 11 is 0. The van der Waals surface area contributed by atoms with E-state index in [0.717, 1.165) is 17.7 Å². The van der Waals surface area contributed by atoms with Crippen molar-refractivity contribution >= 4 is 21.6 Å². The summed E-state index contributed by atoms with van der Waals surface area (Å²) in [5.74, 6) is 0.178. The molecule has 0 N–H and O–H groups in total. The molecule has 1 amide bonds. The molecule has 7 heteroatoms. The summed E-state index contributed by atoms with van der Waals surface area (Å²) in [5, 5.41) is 0. The number of nitrogens with zero attached hydrogens (tertiary/aromatic N) is 2. The smallest absolute Gasteiger partial charge is 0.258 e. The molecule has 28 heavy (non-hydrogen) atoms. The molecule has 2 aliphatic heterocycles. The van der Waals surface area contributed by atoms with Crippen molar-refractivity contribution in [2.24, 2.45) is 5.92 Å². The molecule has 1 unspecified atom stereocenters. The van der Waals surface area contributed by atoms with Crippen LogP contribution in [0.2, 0.25) is 0 Å². The van der Waals surface area contributed by atoms with E-state index >= 15 is 0 Å². The minimum absolute atomic E-state index is 0.151. The van der Waals surface area contributed by atoms with Crippen LogP contribution in [-0.2, 0) is 21.2 Å². The molecular weight excluding hydrogens is 376 g/mol. The zero-order valence-electron chi connectivity index (χ0n) is 15.9. The number of benzene rings is 2. The zero-order chi connectivity index (χ0) is 19.7. The molecule has 2 aromatic rings. The Morgan fingerprint density at radius 2 is 1.82 bits per heavy atom. The van der Waals surface area contributed by atoms with E-state index in [0.29, 0.717) is 44.3 Å². The lowest BCUT2D eigenvalue weighted by atomic mass is 9.93. The quantitative estimate of drug-likeness (QED) is 0.794. The molecule has 148 valence electrons. The number of hydrogen-bond acceptors (Lipinski definition) is 4. The van der Waals surface area contributed by atoms with Crippen LogP contribution >= 0.6 is 0 Å². The van der Waals surface area contributed by atoms with Crippen molar-refractivity contribution in [3.63, 3.8) is 0 Å². The van der Waals surface area contributed by atoms with E-state index in [9.17, 15) is 13.2 Å². The lowest BCUT2D eigenvalue weighted by Crippen LogP contribution is -2.41. The molecule has 2 aliphatic rings. The maximum atomic E-state index is 13.3. The van der Waals surface area contributed by atoms with Gasteiger partial charge in [-0.1, -0.05) is 31.2 Å². The van der Waals surface area contributed by atoms with Gasteiger partial charge in [-0.2, -0.15) is 4.31 Å². The summed E-state index contributed by atoms with van der Waals surface area (Å²) in [6.07, 6.45) is 0.936. The van der Waals surface area contributed by atoms with Gasteiger partial charge in [-0.15, -0.1) is 0 Å². The molecule has 0 saturated carbocycles. The van der Waals surface area contributed by atoms with Crippen LogP contribution in [0.15, 0.2) is 53.4 Å². The molecule has 0 aromatic heterocycles. The van der Waals surface area contributed by atoms with Crippen LogP contribution in [0.1, 0.15) is 22.8 Å². The third kappa shape index (κ3) is 3.57. The first-order valence-electron chi connectivity index (χ1n) is 9.54. The topological polar surface area (TPSA) is 66.9 Å². The Balaban J connectivity index is 1.66. The fourth-order valence-electron chi connectivity index (χ4n) is 3.87. The minimum atomic E-state index is -3.64. The number of fused-ring (bicyclic) bond motifs is 1. The lowest BCUT2D eigenvalue weighted by molar-refractivity contribution is 0.0730. The van der Waals surface area contributed by atoms with Gasteiger partial charge in [0.05, 0.1) is 18.1 Å². The molecule has 2 heterocycles. The van der Waals surface area contributed by atoms with Crippen LogP contribution < -0.4 is 4.90 Å². The second-order valence-electron chi connectivity index (χ2n) is 7.40. The Hall–Kier alpha value is -2.22. The summed E-state index contributed by atoms with van der Waals surface area (Å²) in [4.78, 5) is 15.2. The van der Waals surface area contributed by atoms with Crippen molar-refractivity contribution in [1.82, 2.24) is 4.31 Å². The molecule has 0 bridgehead atoms. The molecular formula is C21H24N2O4S. The van der Waals surface area contributed by atoms with Crippen molar-refractivity contribution in [3.05, 3.63) is 59.7 Å². The van der Waals surface area contributed by atoms with E-state index in [2.05, 4.69) is 6.92 Å².